The fourth-order valence-corrected chi connectivity index (χ4v) is 2.97. The molecule has 1 atom stereocenters. The predicted molar refractivity (Wildman–Crippen MR) is 62.9 cm³/mol. The maximum Gasteiger partial charge on any atom is 0.235 e. The van der Waals surface area contributed by atoms with Crippen LogP contribution in [0.15, 0.2) is 60.7 Å². The van der Waals surface area contributed by atoms with E-state index in [4.69, 9.17) is 4.18 Å². The first kappa shape index (κ1) is 9.75. The molecule has 0 saturated carbocycles. The molecule has 0 aliphatic carbocycles. The summed E-state index contributed by atoms with van der Waals surface area (Å²) >= 11 is -1.26. The molecule has 1 unspecified atom stereocenters. The van der Waals surface area contributed by atoms with Crippen LogP contribution in [0.5, 0.6) is 0 Å². The van der Waals surface area contributed by atoms with Gasteiger partial charge in [0, 0.05) is 11.1 Å². The highest BCUT2D eigenvalue weighted by atomic mass is 32.2. The van der Waals surface area contributed by atoms with Crippen molar-refractivity contribution >= 4 is 11.1 Å². The van der Waals surface area contributed by atoms with Crippen LogP contribution in [0.4, 0.5) is 0 Å². The van der Waals surface area contributed by atoms with Crippen LogP contribution in [0.2, 0.25) is 0 Å². The van der Waals surface area contributed by atoms with E-state index in [1.54, 1.807) is 0 Å². The molecule has 2 aromatic rings. The van der Waals surface area contributed by atoms with Gasteiger partial charge in [-0.15, -0.1) is 0 Å². The molecule has 3 heteroatoms. The Kier molecular flexibility index (Phi) is 2.16. The van der Waals surface area contributed by atoms with E-state index in [9.17, 15) is 4.21 Å². The third-order valence-corrected chi connectivity index (χ3v) is 3.98. The topological polar surface area (TPSA) is 29.6 Å². The largest absolute Gasteiger partial charge is 0.255 e. The van der Waals surface area contributed by atoms with Crippen molar-refractivity contribution in [3.8, 4) is 0 Å². The predicted octanol–water partition coefficient (Wildman–Crippen LogP) is 2.58. The zero-order valence-electron chi connectivity index (χ0n) is 8.50. The number of rotatable bonds is 2. The van der Waals surface area contributed by atoms with Gasteiger partial charge in [0.05, 0.1) is 0 Å². The highest BCUT2D eigenvalue weighted by molar-refractivity contribution is 7.87. The quantitative estimate of drug-likeness (QED) is 0.742. The van der Waals surface area contributed by atoms with Crippen LogP contribution < -0.4 is 0 Å². The maximum absolute atomic E-state index is 11.7. The molecule has 1 heterocycles. The van der Waals surface area contributed by atoms with Gasteiger partial charge < -0.3 is 0 Å². The third kappa shape index (κ3) is 1.32. The molecule has 16 heavy (non-hydrogen) atoms. The van der Waals surface area contributed by atoms with Crippen LogP contribution in [0, 0.1) is 0 Å². The van der Waals surface area contributed by atoms with E-state index < -0.39 is 16.0 Å². The summed E-state index contributed by atoms with van der Waals surface area (Å²) in [6, 6.07) is 19.4. The van der Waals surface area contributed by atoms with Crippen molar-refractivity contribution in [3.05, 3.63) is 71.8 Å². The molecule has 0 amide bonds. The SMILES string of the molecule is O=S1OC1(c1ccccc1)c1ccccc1. The second-order valence-electron chi connectivity index (χ2n) is 3.67. The van der Waals surface area contributed by atoms with Crippen molar-refractivity contribution in [2.45, 2.75) is 4.93 Å². The Morgan fingerprint density at radius 3 is 1.50 bits per heavy atom. The Bertz CT molecular complexity index is 483. The Balaban J connectivity index is 2.13. The monoisotopic (exact) mass is 230 g/mol. The minimum absolute atomic E-state index is 0.734. The number of hydrogen-bond acceptors (Lipinski definition) is 2. The molecule has 1 fully saturated rings. The average molecular weight is 230 g/mol. The van der Waals surface area contributed by atoms with E-state index in [2.05, 4.69) is 0 Å². The molecule has 1 saturated heterocycles. The molecule has 0 radical (unpaired) electrons. The first-order chi connectivity index (χ1) is 7.84. The summed E-state index contributed by atoms with van der Waals surface area (Å²) < 4.78 is 17.0. The van der Waals surface area contributed by atoms with Crippen LogP contribution in [-0.4, -0.2) is 4.21 Å². The highest BCUT2D eigenvalue weighted by Gasteiger charge is 2.58. The van der Waals surface area contributed by atoms with Crippen LogP contribution in [0.1, 0.15) is 11.1 Å². The van der Waals surface area contributed by atoms with Gasteiger partial charge >= 0.3 is 0 Å². The summed E-state index contributed by atoms with van der Waals surface area (Å²) in [5, 5.41) is 0. The van der Waals surface area contributed by atoms with Crippen molar-refractivity contribution in [2.24, 2.45) is 0 Å². The smallest absolute Gasteiger partial charge is 0.235 e. The fourth-order valence-electron chi connectivity index (χ4n) is 1.86. The summed E-state index contributed by atoms with van der Waals surface area (Å²) in [7, 11) is 0. The summed E-state index contributed by atoms with van der Waals surface area (Å²) in [6.07, 6.45) is 0. The Hall–Kier alpha value is -1.45. The zero-order valence-corrected chi connectivity index (χ0v) is 9.31. The van der Waals surface area contributed by atoms with Crippen molar-refractivity contribution in [2.75, 3.05) is 0 Å². The van der Waals surface area contributed by atoms with Crippen molar-refractivity contribution < 1.29 is 8.39 Å². The minimum atomic E-state index is -1.26. The molecule has 0 bridgehead atoms. The molecule has 2 aromatic carbocycles. The molecule has 1 aliphatic heterocycles. The third-order valence-electron chi connectivity index (χ3n) is 2.71. The van der Waals surface area contributed by atoms with Crippen LogP contribution in [0.3, 0.4) is 0 Å². The van der Waals surface area contributed by atoms with E-state index in [1.807, 2.05) is 60.7 Å². The van der Waals surface area contributed by atoms with E-state index in [-0.39, 0.29) is 0 Å². The molecule has 0 aromatic heterocycles. The molecule has 1 aliphatic rings. The number of benzene rings is 2. The van der Waals surface area contributed by atoms with E-state index >= 15 is 0 Å². The lowest BCUT2D eigenvalue weighted by Gasteiger charge is -2.08. The van der Waals surface area contributed by atoms with Crippen molar-refractivity contribution in [1.82, 2.24) is 0 Å². The molecule has 0 N–H and O–H groups in total. The first-order valence-corrected chi connectivity index (χ1v) is 6.14. The van der Waals surface area contributed by atoms with Gasteiger partial charge in [0.25, 0.3) is 0 Å². The zero-order chi connectivity index (χ0) is 11.0. The van der Waals surface area contributed by atoms with Gasteiger partial charge in [-0.25, -0.2) is 4.21 Å². The lowest BCUT2D eigenvalue weighted by atomic mass is 10.0. The number of hydrogen-bond donors (Lipinski definition) is 0. The van der Waals surface area contributed by atoms with Gasteiger partial charge in [-0.3, -0.25) is 4.18 Å². The van der Waals surface area contributed by atoms with Crippen molar-refractivity contribution in [3.63, 3.8) is 0 Å². The van der Waals surface area contributed by atoms with Crippen LogP contribution in [0.25, 0.3) is 0 Å². The second kappa shape index (κ2) is 3.54. The molecule has 0 spiro atoms. The highest BCUT2D eigenvalue weighted by Crippen LogP contribution is 2.50. The lowest BCUT2D eigenvalue weighted by molar-refractivity contribution is 0.375. The Morgan fingerprint density at radius 1 is 0.812 bits per heavy atom. The van der Waals surface area contributed by atoms with Gasteiger partial charge in [0.15, 0.2) is 0 Å². The minimum Gasteiger partial charge on any atom is -0.255 e. The van der Waals surface area contributed by atoms with Gasteiger partial charge in [-0.1, -0.05) is 60.7 Å². The van der Waals surface area contributed by atoms with Crippen LogP contribution in [-0.2, 0) is 20.2 Å². The summed E-state index contributed by atoms with van der Waals surface area (Å²) in [5.74, 6) is 0. The molecular formula is C13H10O2S. The van der Waals surface area contributed by atoms with Crippen LogP contribution >= 0.6 is 0 Å². The Morgan fingerprint density at radius 2 is 1.19 bits per heavy atom. The van der Waals surface area contributed by atoms with E-state index in [1.165, 1.54) is 0 Å². The maximum atomic E-state index is 11.7. The average Bonchev–Trinajstić information content (AvgIpc) is 3.05. The summed E-state index contributed by atoms with van der Waals surface area (Å²) in [5.41, 5.74) is 1.89. The van der Waals surface area contributed by atoms with Gasteiger partial charge in [0.1, 0.15) is 0 Å². The van der Waals surface area contributed by atoms with Crippen molar-refractivity contribution in [1.29, 1.82) is 0 Å². The molecule has 3 rings (SSSR count). The first-order valence-electron chi connectivity index (χ1n) is 5.06. The molecule has 2 nitrogen and oxygen atoms in total. The molecule has 80 valence electrons. The van der Waals surface area contributed by atoms with Gasteiger partial charge in [0.2, 0.25) is 16.0 Å². The van der Waals surface area contributed by atoms with Gasteiger partial charge in [-0.2, -0.15) is 0 Å². The summed E-state index contributed by atoms with van der Waals surface area (Å²) in [6.45, 7) is 0. The second-order valence-corrected chi connectivity index (χ2v) is 4.88. The van der Waals surface area contributed by atoms with E-state index in [0.29, 0.717) is 0 Å². The standard InChI is InChI=1S/C13H10O2S/c14-16-13(15-16,11-7-3-1-4-8-11)12-9-5-2-6-10-12/h1-10H. The Labute approximate surface area is 96.5 Å². The fraction of sp³-hybridized carbons (Fsp3) is 0.0769. The van der Waals surface area contributed by atoms with Gasteiger partial charge in [-0.05, 0) is 0 Å². The lowest BCUT2D eigenvalue weighted by Crippen LogP contribution is -2.10. The normalized spacial score (nSPS) is 21.6. The summed E-state index contributed by atoms with van der Waals surface area (Å²) in [4.78, 5) is -0.734. The molecular weight excluding hydrogens is 220 g/mol. The van der Waals surface area contributed by atoms with E-state index in [0.717, 1.165) is 11.1 Å².